The van der Waals surface area contributed by atoms with Gasteiger partial charge in [-0.15, -0.1) is 0 Å². The monoisotopic (exact) mass is 356 g/mol. The second-order valence-corrected chi connectivity index (χ2v) is 7.06. The summed E-state index contributed by atoms with van der Waals surface area (Å²) in [6.07, 6.45) is 5.32. The Balaban J connectivity index is 1.34. The van der Waals surface area contributed by atoms with Crippen LogP contribution in [0.2, 0.25) is 0 Å². The van der Waals surface area contributed by atoms with Gasteiger partial charge in [-0.3, -0.25) is 4.90 Å². The Labute approximate surface area is 153 Å². The number of likely N-dealkylation sites (tertiary alicyclic amines) is 1. The first-order valence-corrected chi connectivity index (χ1v) is 8.96. The van der Waals surface area contributed by atoms with Crippen LogP contribution in [-0.4, -0.2) is 58.4 Å². The second kappa shape index (κ2) is 7.17. The topological polar surface area (TPSA) is 69.6 Å². The zero-order chi connectivity index (χ0) is 18.0. The Morgan fingerprint density at radius 3 is 2.96 bits per heavy atom. The highest BCUT2D eigenvalue weighted by Crippen LogP contribution is 2.36. The maximum atomic E-state index is 6.11. The Bertz CT molecular complexity index is 764. The van der Waals surface area contributed by atoms with E-state index in [0.29, 0.717) is 18.5 Å². The summed E-state index contributed by atoms with van der Waals surface area (Å²) in [7, 11) is 1.66. The molecule has 2 aliphatic heterocycles. The average molecular weight is 356 g/mol. The molecule has 4 rings (SSSR count). The number of hydrogen-bond acceptors (Lipinski definition) is 7. The lowest BCUT2D eigenvalue weighted by Gasteiger charge is -2.53. The lowest BCUT2D eigenvalue weighted by molar-refractivity contribution is -0.188. The number of nitrogens with zero attached hydrogens (tertiary/aromatic N) is 4. The van der Waals surface area contributed by atoms with Crippen LogP contribution in [0.4, 0.5) is 0 Å². The van der Waals surface area contributed by atoms with Gasteiger partial charge in [0.05, 0.1) is 19.3 Å². The predicted molar refractivity (Wildman–Crippen MR) is 95.2 cm³/mol. The third kappa shape index (κ3) is 3.64. The average Bonchev–Trinajstić information content (AvgIpc) is 2.61. The molecule has 1 spiro atoms. The highest BCUT2D eigenvalue weighted by atomic mass is 16.5. The molecule has 2 aliphatic rings. The van der Waals surface area contributed by atoms with Gasteiger partial charge < -0.3 is 14.2 Å². The number of pyridine rings is 1. The molecule has 0 radical (unpaired) electrons. The molecule has 0 saturated carbocycles. The molecule has 4 heterocycles. The molecule has 0 aromatic carbocycles. The number of methoxy groups -OCH3 is 1. The van der Waals surface area contributed by atoms with Gasteiger partial charge in [0.2, 0.25) is 5.88 Å². The molecular formula is C19H24N4O3. The first-order chi connectivity index (χ1) is 12.7. The first-order valence-electron chi connectivity index (χ1n) is 8.96. The van der Waals surface area contributed by atoms with E-state index < -0.39 is 0 Å². The highest BCUT2D eigenvalue weighted by Gasteiger charge is 2.48. The van der Waals surface area contributed by atoms with Crippen molar-refractivity contribution in [3.63, 3.8) is 0 Å². The van der Waals surface area contributed by atoms with Crippen LogP contribution >= 0.6 is 0 Å². The summed E-state index contributed by atoms with van der Waals surface area (Å²) in [5.41, 5.74) is 1.89. The number of rotatable bonds is 5. The minimum atomic E-state index is -0.123. The maximum absolute atomic E-state index is 6.11. The van der Waals surface area contributed by atoms with Gasteiger partial charge in [-0.1, -0.05) is 6.07 Å². The van der Waals surface area contributed by atoms with Gasteiger partial charge in [-0.25, -0.2) is 15.0 Å². The van der Waals surface area contributed by atoms with Crippen molar-refractivity contribution < 1.29 is 14.2 Å². The van der Waals surface area contributed by atoms with Crippen molar-refractivity contribution in [2.45, 2.75) is 38.0 Å². The van der Waals surface area contributed by atoms with Crippen molar-refractivity contribution in [3.05, 3.63) is 41.9 Å². The summed E-state index contributed by atoms with van der Waals surface area (Å²) in [4.78, 5) is 15.2. The van der Waals surface area contributed by atoms with Crippen LogP contribution < -0.4 is 9.47 Å². The Morgan fingerprint density at radius 2 is 2.15 bits per heavy atom. The molecule has 1 atom stereocenters. The van der Waals surface area contributed by atoms with Crippen LogP contribution in [0.5, 0.6) is 11.9 Å². The summed E-state index contributed by atoms with van der Waals surface area (Å²) < 4.78 is 17.5. The minimum absolute atomic E-state index is 0.0978. The lowest BCUT2D eigenvalue weighted by Crippen LogP contribution is -2.65. The van der Waals surface area contributed by atoms with Crippen LogP contribution in [-0.2, 0) is 11.3 Å². The maximum Gasteiger partial charge on any atom is 0.316 e. The smallest absolute Gasteiger partial charge is 0.316 e. The van der Waals surface area contributed by atoms with Crippen molar-refractivity contribution >= 4 is 0 Å². The molecular weight excluding hydrogens is 332 g/mol. The fraction of sp³-hybridized carbons (Fsp3) is 0.526. The third-order valence-corrected chi connectivity index (χ3v) is 4.95. The molecule has 2 aromatic heterocycles. The highest BCUT2D eigenvalue weighted by molar-refractivity contribution is 5.25. The van der Waals surface area contributed by atoms with Crippen molar-refractivity contribution in [3.8, 4) is 11.9 Å². The minimum Gasteiger partial charge on any atom is -0.481 e. The van der Waals surface area contributed by atoms with Crippen molar-refractivity contribution in [1.82, 2.24) is 19.9 Å². The molecule has 0 unspecified atom stereocenters. The van der Waals surface area contributed by atoms with E-state index in [4.69, 9.17) is 14.2 Å². The lowest BCUT2D eigenvalue weighted by atomic mass is 9.84. The van der Waals surface area contributed by atoms with E-state index in [2.05, 4.69) is 25.9 Å². The largest absolute Gasteiger partial charge is 0.481 e. The molecule has 7 heteroatoms. The zero-order valence-corrected chi connectivity index (χ0v) is 15.2. The second-order valence-electron chi connectivity index (χ2n) is 7.06. The molecule has 138 valence electrons. The van der Waals surface area contributed by atoms with E-state index >= 15 is 0 Å². The van der Waals surface area contributed by atoms with Gasteiger partial charge in [-0.05, 0) is 19.1 Å². The Morgan fingerprint density at radius 1 is 1.27 bits per heavy atom. The van der Waals surface area contributed by atoms with Gasteiger partial charge in [0.1, 0.15) is 6.10 Å². The predicted octanol–water partition coefficient (Wildman–Crippen LogP) is 2.00. The Kier molecular flexibility index (Phi) is 4.74. The van der Waals surface area contributed by atoms with Gasteiger partial charge in [0, 0.05) is 56.1 Å². The first kappa shape index (κ1) is 17.2. The molecule has 2 aromatic rings. The molecule has 7 nitrogen and oxygen atoms in total. The summed E-state index contributed by atoms with van der Waals surface area (Å²) in [6.45, 7) is 5.24. The van der Waals surface area contributed by atoms with E-state index in [9.17, 15) is 0 Å². The normalized spacial score (nSPS) is 22.0. The number of aryl methyl sites for hydroxylation is 1. The van der Waals surface area contributed by atoms with Crippen LogP contribution in [0.15, 0.2) is 30.6 Å². The fourth-order valence-electron chi connectivity index (χ4n) is 3.79. The van der Waals surface area contributed by atoms with Gasteiger partial charge >= 0.3 is 6.01 Å². The van der Waals surface area contributed by atoms with Crippen LogP contribution in [0, 0.1) is 6.92 Å². The van der Waals surface area contributed by atoms with Crippen molar-refractivity contribution in [2.24, 2.45) is 0 Å². The molecule has 0 N–H and O–H groups in total. The third-order valence-electron chi connectivity index (χ3n) is 4.95. The SMILES string of the molecule is COc1ncccc1CN1CC2(C[C@@H](Oc3nccc(C)n3)CCO2)C1. The van der Waals surface area contributed by atoms with E-state index in [1.165, 1.54) is 0 Å². The van der Waals surface area contributed by atoms with E-state index in [0.717, 1.165) is 43.7 Å². The molecule has 26 heavy (non-hydrogen) atoms. The van der Waals surface area contributed by atoms with Gasteiger partial charge in [0.15, 0.2) is 0 Å². The van der Waals surface area contributed by atoms with E-state index in [1.807, 2.05) is 19.1 Å². The summed E-state index contributed by atoms with van der Waals surface area (Å²) in [6, 6.07) is 6.33. The Hall–Kier alpha value is -2.25. The zero-order valence-electron chi connectivity index (χ0n) is 15.2. The van der Waals surface area contributed by atoms with Crippen molar-refractivity contribution in [1.29, 1.82) is 0 Å². The fourth-order valence-corrected chi connectivity index (χ4v) is 3.79. The summed E-state index contributed by atoms with van der Waals surface area (Å²) >= 11 is 0. The molecule has 0 amide bonds. The molecule has 0 bridgehead atoms. The quantitative estimate of drug-likeness (QED) is 0.811. The van der Waals surface area contributed by atoms with Gasteiger partial charge in [0.25, 0.3) is 0 Å². The number of ether oxygens (including phenoxy) is 3. The van der Waals surface area contributed by atoms with E-state index in [-0.39, 0.29) is 11.7 Å². The summed E-state index contributed by atoms with van der Waals surface area (Å²) in [5.74, 6) is 0.691. The number of aromatic nitrogens is 3. The van der Waals surface area contributed by atoms with Crippen molar-refractivity contribution in [2.75, 3.05) is 26.8 Å². The summed E-state index contributed by atoms with van der Waals surface area (Å²) in [5, 5.41) is 0. The standard InChI is InChI=1S/C19H24N4O3/c1-14-5-8-21-18(22-14)26-16-6-9-25-19(10-16)12-23(13-19)11-15-4-3-7-20-17(15)24-2/h3-5,7-8,16H,6,9-13H2,1-2H3/t16-/m0/s1. The van der Waals surface area contributed by atoms with Crippen LogP contribution in [0.1, 0.15) is 24.1 Å². The molecule has 0 aliphatic carbocycles. The molecule has 2 saturated heterocycles. The number of hydrogen-bond donors (Lipinski definition) is 0. The van der Waals surface area contributed by atoms with Gasteiger partial charge in [-0.2, -0.15) is 0 Å². The van der Waals surface area contributed by atoms with Crippen LogP contribution in [0.25, 0.3) is 0 Å². The molecule has 2 fully saturated rings. The van der Waals surface area contributed by atoms with E-state index in [1.54, 1.807) is 19.5 Å². The van der Waals surface area contributed by atoms with Crippen LogP contribution in [0.3, 0.4) is 0 Å².